The van der Waals surface area contributed by atoms with Crippen molar-refractivity contribution in [2.45, 2.75) is 47.1 Å². The number of nitrogens with one attached hydrogen (secondary N) is 1. The van der Waals surface area contributed by atoms with E-state index in [0.717, 1.165) is 23.1 Å². The lowest BCUT2D eigenvalue weighted by Gasteiger charge is -2.15. The minimum Gasteiger partial charge on any atom is -0.481 e. The quantitative estimate of drug-likeness (QED) is 0.786. The maximum atomic E-state index is 11.8. The van der Waals surface area contributed by atoms with Crippen molar-refractivity contribution in [2.24, 2.45) is 0 Å². The molecule has 1 aromatic carbocycles. The lowest BCUT2D eigenvalue weighted by Crippen LogP contribution is -2.37. The molecule has 5 heteroatoms. The van der Waals surface area contributed by atoms with E-state index in [4.69, 9.17) is 9.47 Å². The van der Waals surface area contributed by atoms with Gasteiger partial charge in [-0.25, -0.2) is 4.79 Å². The van der Waals surface area contributed by atoms with Gasteiger partial charge in [-0.15, -0.1) is 0 Å². The summed E-state index contributed by atoms with van der Waals surface area (Å²) in [5.41, 5.74) is 3.09. The van der Waals surface area contributed by atoms with Crippen molar-refractivity contribution in [1.82, 2.24) is 5.32 Å². The van der Waals surface area contributed by atoms with Crippen LogP contribution in [0.3, 0.4) is 0 Å². The topological polar surface area (TPSA) is 64.6 Å². The molecule has 1 atom stereocenters. The second-order valence-corrected chi connectivity index (χ2v) is 5.44. The smallest absolute Gasteiger partial charge is 0.344 e. The molecule has 0 aliphatic carbocycles. The number of ether oxygens (including phenoxy) is 2. The third-order valence-electron chi connectivity index (χ3n) is 3.17. The summed E-state index contributed by atoms with van der Waals surface area (Å²) in [4.78, 5) is 23.4. The van der Waals surface area contributed by atoms with Crippen molar-refractivity contribution < 1.29 is 19.1 Å². The summed E-state index contributed by atoms with van der Waals surface area (Å²) in [5.74, 6) is -0.165. The van der Waals surface area contributed by atoms with E-state index < -0.39 is 12.1 Å². The highest BCUT2D eigenvalue weighted by Gasteiger charge is 2.18. The van der Waals surface area contributed by atoms with E-state index in [-0.39, 0.29) is 12.5 Å². The lowest BCUT2D eigenvalue weighted by atomic mass is 10.1. The van der Waals surface area contributed by atoms with Crippen LogP contribution in [0.5, 0.6) is 5.75 Å². The minimum absolute atomic E-state index is 0.212. The molecule has 0 saturated heterocycles. The molecule has 5 nitrogen and oxygen atoms in total. The fourth-order valence-corrected chi connectivity index (χ4v) is 2.20. The van der Waals surface area contributed by atoms with Crippen molar-refractivity contribution in [2.75, 3.05) is 13.2 Å². The number of aryl methyl sites for hydroxylation is 3. The predicted molar refractivity (Wildman–Crippen MR) is 85.0 cm³/mol. The molecule has 0 bridgehead atoms. The van der Waals surface area contributed by atoms with E-state index in [0.29, 0.717) is 12.3 Å². The number of esters is 1. The van der Waals surface area contributed by atoms with Crippen LogP contribution >= 0.6 is 0 Å². The van der Waals surface area contributed by atoms with Gasteiger partial charge < -0.3 is 14.8 Å². The Labute approximate surface area is 132 Å². The molecule has 0 aliphatic heterocycles. The van der Waals surface area contributed by atoms with Crippen molar-refractivity contribution in [1.29, 1.82) is 0 Å². The Morgan fingerprint density at radius 1 is 1.18 bits per heavy atom. The van der Waals surface area contributed by atoms with E-state index in [1.807, 2.05) is 39.8 Å². The first-order chi connectivity index (χ1) is 10.3. The summed E-state index contributed by atoms with van der Waals surface area (Å²) in [5, 5.41) is 2.68. The summed E-state index contributed by atoms with van der Waals surface area (Å²) in [7, 11) is 0. The van der Waals surface area contributed by atoms with Crippen LogP contribution in [0.2, 0.25) is 0 Å². The Hall–Kier alpha value is -2.04. The van der Waals surface area contributed by atoms with Gasteiger partial charge in [-0.3, -0.25) is 4.79 Å². The van der Waals surface area contributed by atoms with Gasteiger partial charge in [0.2, 0.25) is 0 Å². The molecule has 1 amide bonds. The minimum atomic E-state index is -0.817. The van der Waals surface area contributed by atoms with Crippen LogP contribution in [-0.4, -0.2) is 31.1 Å². The van der Waals surface area contributed by atoms with Crippen LogP contribution in [0, 0.1) is 20.8 Å². The van der Waals surface area contributed by atoms with Crippen molar-refractivity contribution >= 4 is 11.9 Å². The lowest BCUT2D eigenvalue weighted by molar-refractivity contribution is -0.156. The standard InChI is InChI=1S/C17H25NO4/c1-6-7-18-17(20)14(5)22-15(19)10-21-16-12(3)8-11(2)9-13(16)4/h8-9,14H,6-7,10H2,1-5H3,(H,18,20)/t14-/m0/s1. The van der Waals surface area contributed by atoms with Gasteiger partial charge in [-0.2, -0.15) is 0 Å². The maximum Gasteiger partial charge on any atom is 0.344 e. The van der Waals surface area contributed by atoms with Crippen LogP contribution in [-0.2, 0) is 14.3 Å². The SMILES string of the molecule is CCCNC(=O)[C@H](C)OC(=O)COc1c(C)cc(C)cc1C. The van der Waals surface area contributed by atoms with E-state index in [9.17, 15) is 9.59 Å². The van der Waals surface area contributed by atoms with Crippen LogP contribution in [0.15, 0.2) is 12.1 Å². The molecule has 0 heterocycles. The molecular weight excluding hydrogens is 282 g/mol. The molecule has 0 aromatic heterocycles. The molecule has 0 saturated carbocycles. The molecule has 0 unspecified atom stereocenters. The highest BCUT2D eigenvalue weighted by Crippen LogP contribution is 2.24. The molecular formula is C17H25NO4. The number of amides is 1. The van der Waals surface area contributed by atoms with Crippen molar-refractivity contribution in [3.05, 3.63) is 28.8 Å². The first-order valence-electron chi connectivity index (χ1n) is 7.53. The largest absolute Gasteiger partial charge is 0.481 e. The Bertz CT molecular complexity index is 516. The summed E-state index contributed by atoms with van der Waals surface area (Å²) in [6.07, 6.45) is 0.0180. The number of hydrogen-bond donors (Lipinski definition) is 1. The van der Waals surface area contributed by atoms with E-state index in [1.54, 1.807) is 6.92 Å². The normalized spacial score (nSPS) is 11.7. The van der Waals surface area contributed by atoms with Gasteiger partial charge in [0.15, 0.2) is 12.7 Å². The second kappa shape index (κ2) is 8.41. The number of rotatable bonds is 7. The number of carbonyl (C=O) groups is 2. The van der Waals surface area contributed by atoms with Gasteiger partial charge in [0.1, 0.15) is 5.75 Å². The molecule has 0 aliphatic rings. The van der Waals surface area contributed by atoms with Gasteiger partial charge >= 0.3 is 5.97 Å². The van der Waals surface area contributed by atoms with Gasteiger partial charge in [-0.1, -0.05) is 24.6 Å². The molecule has 122 valence electrons. The number of hydrogen-bond acceptors (Lipinski definition) is 4. The van der Waals surface area contributed by atoms with E-state index in [2.05, 4.69) is 5.32 Å². The average Bonchev–Trinajstić information content (AvgIpc) is 2.43. The number of carbonyl (C=O) groups excluding carboxylic acids is 2. The average molecular weight is 307 g/mol. The van der Waals surface area contributed by atoms with Crippen LogP contribution < -0.4 is 10.1 Å². The van der Waals surface area contributed by atoms with Gasteiger partial charge in [-0.05, 0) is 45.2 Å². The monoisotopic (exact) mass is 307 g/mol. The highest BCUT2D eigenvalue weighted by molar-refractivity contribution is 5.83. The maximum absolute atomic E-state index is 11.8. The van der Waals surface area contributed by atoms with Gasteiger partial charge in [0.05, 0.1) is 0 Å². The van der Waals surface area contributed by atoms with Crippen molar-refractivity contribution in [3.63, 3.8) is 0 Å². The molecule has 1 rings (SSSR count). The van der Waals surface area contributed by atoms with Gasteiger partial charge in [0.25, 0.3) is 5.91 Å². The first-order valence-corrected chi connectivity index (χ1v) is 7.53. The Morgan fingerprint density at radius 2 is 1.77 bits per heavy atom. The van der Waals surface area contributed by atoms with Crippen molar-refractivity contribution in [3.8, 4) is 5.75 Å². The van der Waals surface area contributed by atoms with E-state index >= 15 is 0 Å². The van der Waals surface area contributed by atoms with Crippen LogP contribution in [0.1, 0.15) is 37.0 Å². The molecule has 22 heavy (non-hydrogen) atoms. The van der Waals surface area contributed by atoms with Crippen LogP contribution in [0.25, 0.3) is 0 Å². The molecule has 1 N–H and O–H groups in total. The molecule has 1 aromatic rings. The molecule has 0 fully saturated rings. The summed E-state index contributed by atoms with van der Waals surface area (Å²) >= 11 is 0. The summed E-state index contributed by atoms with van der Waals surface area (Å²) in [6.45, 7) is 9.73. The van der Waals surface area contributed by atoms with Gasteiger partial charge in [0, 0.05) is 6.54 Å². The predicted octanol–water partition coefficient (Wildman–Crippen LogP) is 2.45. The summed E-state index contributed by atoms with van der Waals surface area (Å²) < 4.78 is 10.6. The Kier molecular flexibility index (Phi) is 6.89. The third kappa shape index (κ3) is 5.39. The first kappa shape index (κ1) is 18.0. The zero-order valence-corrected chi connectivity index (χ0v) is 14.0. The zero-order valence-electron chi connectivity index (χ0n) is 14.0. The highest BCUT2D eigenvalue weighted by atomic mass is 16.6. The summed E-state index contributed by atoms with van der Waals surface area (Å²) in [6, 6.07) is 3.99. The zero-order chi connectivity index (χ0) is 16.7. The molecule has 0 radical (unpaired) electrons. The Morgan fingerprint density at radius 3 is 2.32 bits per heavy atom. The fourth-order valence-electron chi connectivity index (χ4n) is 2.20. The molecule has 0 spiro atoms. The second-order valence-electron chi connectivity index (χ2n) is 5.44. The third-order valence-corrected chi connectivity index (χ3v) is 3.17. The number of benzene rings is 1. The Balaban J connectivity index is 2.51. The fraction of sp³-hybridized carbons (Fsp3) is 0.529. The van der Waals surface area contributed by atoms with Crippen LogP contribution in [0.4, 0.5) is 0 Å². The van der Waals surface area contributed by atoms with E-state index in [1.165, 1.54) is 0 Å².